The molecule has 0 nitrogen and oxygen atoms in total. The summed E-state index contributed by atoms with van der Waals surface area (Å²) in [5, 5.41) is 0. The molecule has 0 aliphatic carbocycles. The van der Waals surface area contributed by atoms with Gasteiger partial charge in [0.15, 0.2) is 0 Å². The molecule has 0 aromatic heterocycles. The minimum absolute atomic E-state index is 0.481. The second kappa shape index (κ2) is 4.53. The normalized spacial score (nSPS) is 10.4. The Morgan fingerprint density at radius 2 is 1.58 bits per heavy atom. The van der Waals surface area contributed by atoms with Gasteiger partial charge in [0.05, 0.1) is 0 Å². The molecule has 0 heterocycles. The van der Waals surface area contributed by atoms with Crippen molar-refractivity contribution in [3.05, 3.63) is 29.5 Å². The average Bonchev–Trinajstić information content (AvgIpc) is 2.08. The van der Waals surface area contributed by atoms with Gasteiger partial charge in [-0.15, -0.1) is 0 Å². The highest BCUT2D eigenvalue weighted by Crippen LogP contribution is 2.39. The van der Waals surface area contributed by atoms with Crippen LogP contribution in [0.5, 0.6) is 0 Å². The zero-order valence-electron chi connectivity index (χ0n) is 5.67. The van der Waals surface area contributed by atoms with Gasteiger partial charge >= 0.3 is 0 Å². The van der Waals surface area contributed by atoms with Crippen molar-refractivity contribution in [1.82, 2.24) is 0 Å². The van der Waals surface area contributed by atoms with Gasteiger partial charge in [-0.25, -0.2) is 4.39 Å². The van der Waals surface area contributed by atoms with Gasteiger partial charge < -0.3 is 0 Å². The highest BCUT2D eigenvalue weighted by atomic mass is 79.9. The zero-order chi connectivity index (χ0) is 9.30. The third-order valence-corrected chi connectivity index (χ3v) is 6.07. The Kier molecular flexibility index (Phi) is 4.21. The fraction of sp³-hybridized carbons (Fsp3) is 0.143. The number of benzene rings is 1. The fourth-order valence-electron chi connectivity index (χ4n) is 0.719. The van der Waals surface area contributed by atoms with E-state index in [1.54, 1.807) is 6.07 Å². The standard InChI is InChI=1S/C7H3Br4F/c8-4-1-3(2-12)5(9)7(11)6(4)10/h1H,2H2. The van der Waals surface area contributed by atoms with E-state index in [9.17, 15) is 4.39 Å². The quantitative estimate of drug-likeness (QED) is 0.428. The lowest BCUT2D eigenvalue weighted by atomic mass is 10.2. The number of hydrogen-bond acceptors (Lipinski definition) is 0. The van der Waals surface area contributed by atoms with E-state index >= 15 is 0 Å². The second-order valence-corrected chi connectivity index (χ2v) is 5.33. The van der Waals surface area contributed by atoms with Crippen LogP contribution in [0.2, 0.25) is 0 Å². The third kappa shape index (κ3) is 2.11. The van der Waals surface area contributed by atoms with Crippen LogP contribution in [0.1, 0.15) is 5.56 Å². The van der Waals surface area contributed by atoms with Crippen LogP contribution in [-0.2, 0) is 6.67 Å². The summed E-state index contributed by atoms with van der Waals surface area (Å²) in [6.07, 6.45) is 0. The number of halogens is 5. The van der Waals surface area contributed by atoms with Crippen LogP contribution in [0.4, 0.5) is 4.39 Å². The molecule has 0 spiro atoms. The largest absolute Gasteiger partial charge is 0.246 e. The molecule has 0 unspecified atom stereocenters. The van der Waals surface area contributed by atoms with E-state index < -0.39 is 6.67 Å². The van der Waals surface area contributed by atoms with Gasteiger partial charge in [0.25, 0.3) is 0 Å². The molecular formula is C7H3Br4F. The maximum Gasteiger partial charge on any atom is 0.116 e. The summed E-state index contributed by atoms with van der Waals surface area (Å²) in [4.78, 5) is 0. The van der Waals surface area contributed by atoms with Gasteiger partial charge in [0, 0.05) is 17.9 Å². The van der Waals surface area contributed by atoms with Crippen molar-refractivity contribution >= 4 is 63.7 Å². The molecule has 0 amide bonds. The summed E-state index contributed by atoms with van der Waals surface area (Å²) in [7, 11) is 0. The van der Waals surface area contributed by atoms with Crippen molar-refractivity contribution in [1.29, 1.82) is 0 Å². The number of alkyl halides is 1. The van der Waals surface area contributed by atoms with E-state index in [1.807, 2.05) is 0 Å². The maximum absolute atomic E-state index is 12.4. The van der Waals surface area contributed by atoms with Gasteiger partial charge in [-0.2, -0.15) is 0 Å². The molecule has 1 aromatic rings. The lowest BCUT2D eigenvalue weighted by molar-refractivity contribution is 0.483. The molecular weight excluding hydrogens is 423 g/mol. The van der Waals surface area contributed by atoms with Crippen molar-refractivity contribution < 1.29 is 4.39 Å². The van der Waals surface area contributed by atoms with E-state index in [0.29, 0.717) is 5.56 Å². The first kappa shape index (κ1) is 11.1. The third-order valence-electron chi connectivity index (χ3n) is 1.32. The summed E-state index contributed by atoms with van der Waals surface area (Å²) in [6, 6.07) is 1.74. The molecule has 0 bridgehead atoms. The van der Waals surface area contributed by atoms with Gasteiger partial charge in [0.2, 0.25) is 0 Å². The fourth-order valence-corrected chi connectivity index (χ4v) is 2.93. The van der Waals surface area contributed by atoms with E-state index in [0.717, 1.165) is 17.9 Å². The van der Waals surface area contributed by atoms with Gasteiger partial charge in [-0.3, -0.25) is 0 Å². The van der Waals surface area contributed by atoms with Crippen LogP contribution in [0.3, 0.4) is 0 Å². The first-order chi connectivity index (χ1) is 5.57. The van der Waals surface area contributed by atoms with Crippen molar-refractivity contribution in [3.8, 4) is 0 Å². The number of hydrogen-bond donors (Lipinski definition) is 0. The molecule has 0 atom stereocenters. The molecule has 0 aliphatic heterocycles. The molecule has 0 aliphatic rings. The molecule has 5 heteroatoms. The van der Waals surface area contributed by atoms with Crippen LogP contribution in [0.15, 0.2) is 24.0 Å². The van der Waals surface area contributed by atoms with Crippen molar-refractivity contribution in [2.75, 3.05) is 0 Å². The zero-order valence-corrected chi connectivity index (χ0v) is 12.0. The summed E-state index contributed by atoms with van der Waals surface area (Å²) < 4.78 is 15.7. The molecule has 1 rings (SSSR count). The molecule has 0 N–H and O–H groups in total. The SMILES string of the molecule is FCc1cc(Br)c(Br)c(Br)c1Br. The Balaban J connectivity index is 3.39. The summed E-state index contributed by atoms with van der Waals surface area (Å²) in [5.41, 5.74) is 0.622. The van der Waals surface area contributed by atoms with Crippen LogP contribution >= 0.6 is 63.7 Å². The molecule has 0 saturated heterocycles. The van der Waals surface area contributed by atoms with Crippen LogP contribution < -0.4 is 0 Å². The Morgan fingerprint density at radius 3 is 2.08 bits per heavy atom. The molecule has 66 valence electrons. The van der Waals surface area contributed by atoms with E-state index in [2.05, 4.69) is 63.7 Å². The molecule has 0 saturated carbocycles. The summed E-state index contributed by atoms with van der Waals surface area (Å²) in [5.74, 6) is 0. The highest BCUT2D eigenvalue weighted by Gasteiger charge is 2.10. The Bertz CT molecular complexity index is 311. The van der Waals surface area contributed by atoms with Crippen molar-refractivity contribution in [2.45, 2.75) is 6.67 Å². The second-order valence-electron chi connectivity index (χ2n) is 2.09. The minimum atomic E-state index is -0.481. The predicted octanol–water partition coefficient (Wildman–Crippen LogP) is 5.21. The molecule has 1 aromatic carbocycles. The Hall–Kier alpha value is 1.07. The van der Waals surface area contributed by atoms with E-state index in [4.69, 9.17) is 0 Å². The average molecular weight is 426 g/mol. The lowest BCUT2D eigenvalue weighted by Gasteiger charge is -2.06. The van der Waals surface area contributed by atoms with Crippen LogP contribution in [-0.4, -0.2) is 0 Å². The van der Waals surface area contributed by atoms with Gasteiger partial charge in [0.1, 0.15) is 6.67 Å². The topological polar surface area (TPSA) is 0 Å². The van der Waals surface area contributed by atoms with Gasteiger partial charge in [-0.1, -0.05) is 0 Å². The first-order valence-corrected chi connectivity index (χ1v) is 6.13. The molecule has 0 radical (unpaired) electrons. The highest BCUT2D eigenvalue weighted by molar-refractivity contribution is 9.15. The van der Waals surface area contributed by atoms with Crippen LogP contribution in [0, 0.1) is 0 Å². The first-order valence-electron chi connectivity index (χ1n) is 2.95. The minimum Gasteiger partial charge on any atom is -0.246 e. The Morgan fingerprint density at radius 1 is 1.00 bits per heavy atom. The van der Waals surface area contributed by atoms with Gasteiger partial charge in [-0.05, 0) is 75.3 Å². The lowest BCUT2D eigenvalue weighted by Crippen LogP contribution is -1.85. The molecule has 12 heavy (non-hydrogen) atoms. The summed E-state index contributed by atoms with van der Waals surface area (Å²) >= 11 is 13.3. The summed E-state index contributed by atoms with van der Waals surface area (Å²) in [6.45, 7) is -0.481. The number of rotatable bonds is 1. The monoisotopic (exact) mass is 422 g/mol. The molecule has 0 fully saturated rings. The van der Waals surface area contributed by atoms with Crippen molar-refractivity contribution in [2.24, 2.45) is 0 Å². The Labute approximate surface area is 103 Å². The van der Waals surface area contributed by atoms with Crippen LogP contribution in [0.25, 0.3) is 0 Å². The smallest absolute Gasteiger partial charge is 0.116 e. The van der Waals surface area contributed by atoms with E-state index in [1.165, 1.54) is 0 Å². The van der Waals surface area contributed by atoms with E-state index in [-0.39, 0.29) is 0 Å². The maximum atomic E-state index is 12.4. The van der Waals surface area contributed by atoms with Crippen molar-refractivity contribution in [3.63, 3.8) is 0 Å². The predicted molar refractivity (Wildman–Crippen MR) is 62.1 cm³/mol.